The van der Waals surface area contributed by atoms with Crippen molar-refractivity contribution in [1.29, 1.82) is 0 Å². The van der Waals surface area contributed by atoms with Gasteiger partial charge in [-0.05, 0) is 12.1 Å². The Balaban J connectivity index is 2.84. The smallest absolute Gasteiger partial charge is 0.475 e. The van der Waals surface area contributed by atoms with Gasteiger partial charge < -0.3 is 9.47 Å². The molecule has 0 amide bonds. The van der Waals surface area contributed by atoms with Gasteiger partial charge in [-0.15, -0.1) is 13.2 Å². The van der Waals surface area contributed by atoms with Crippen LogP contribution in [0.1, 0.15) is 0 Å². The molecule has 14 heavy (non-hydrogen) atoms. The summed E-state index contributed by atoms with van der Waals surface area (Å²) >= 11 is 0. The third-order valence-electron chi connectivity index (χ3n) is 1.31. The molecule has 1 aromatic rings. The van der Waals surface area contributed by atoms with Crippen molar-refractivity contribution in [3.63, 3.8) is 0 Å². The molecule has 78 valence electrons. The molecule has 6 heteroatoms. The maximum absolute atomic E-state index is 11.9. The lowest BCUT2D eigenvalue weighted by Gasteiger charge is -2.12. The fourth-order valence-electron chi connectivity index (χ4n) is 0.868. The zero-order valence-corrected chi connectivity index (χ0v) is 7.04. The van der Waals surface area contributed by atoms with Gasteiger partial charge >= 0.3 is 6.36 Å². The lowest BCUT2D eigenvalue weighted by Crippen LogP contribution is -2.18. The van der Waals surface area contributed by atoms with E-state index in [2.05, 4.69) is 4.74 Å². The van der Waals surface area contributed by atoms with E-state index in [4.69, 9.17) is 10.5 Å². The van der Waals surface area contributed by atoms with Crippen LogP contribution in [0.3, 0.4) is 0 Å². The molecule has 0 radical (unpaired) electrons. The molecule has 0 atom stereocenters. The number of hydrogen-bond acceptors (Lipinski definition) is 3. The van der Waals surface area contributed by atoms with Crippen molar-refractivity contribution in [3.8, 4) is 11.5 Å². The number of benzene rings is 1. The molecule has 0 aliphatic rings. The summed E-state index contributed by atoms with van der Waals surface area (Å²) in [6, 6.07) is 5.42. The van der Waals surface area contributed by atoms with Gasteiger partial charge in [0.1, 0.15) is 6.73 Å². The van der Waals surface area contributed by atoms with Gasteiger partial charge in [0.2, 0.25) is 0 Å². The first kappa shape index (κ1) is 10.6. The fourth-order valence-corrected chi connectivity index (χ4v) is 0.868. The van der Waals surface area contributed by atoms with Crippen molar-refractivity contribution < 1.29 is 22.6 Å². The summed E-state index contributed by atoms with van der Waals surface area (Å²) in [7, 11) is 0. The molecule has 0 aliphatic heterocycles. The molecule has 1 rings (SSSR count). The Bertz CT molecular complexity index is 301. The van der Waals surface area contributed by atoms with Crippen molar-refractivity contribution in [2.45, 2.75) is 6.36 Å². The standard InChI is InChI=1S/C8H8F3NO2/c9-8(10,11)14-7-4-2-1-3-6(7)13-5-12/h1-4H,5,12H2. The van der Waals surface area contributed by atoms with Crippen molar-refractivity contribution >= 4 is 0 Å². The SMILES string of the molecule is NCOc1ccccc1OC(F)(F)F. The molecule has 0 spiro atoms. The average molecular weight is 207 g/mol. The lowest BCUT2D eigenvalue weighted by molar-refractivity contribution is -0.275. The Labute approximate surface area is 78.2 Å². The number of halogens is 3. The van der Waals surface area contributed by atoms with E-state index in [1.165, 1.54) is 18.2 Å². The fraction of sp³-hybridized carbons (Fsp3) is 0.250. The van der Waals surface area contributed by atoms with Crippen molar-refractivity contribution in [2.75, 3.05) is 6.73 Å². The van der Waals surface area contributed by atoms with Gasteiger partial charge in [0.15, 0.2) is 11.5 Å². The number of nitrogens with two attached hydrogens (primary N) is 1. The number of hydrogen-bond donors (Lipinski definition) is 1. The molecule has 1 aromatic carbocycles. The number of para-hydroxylation sites is 2. The zero-order valence-electron chi connectivity index (χ0n) is 7.04. The van der Waals surface area contributed by atoms with E-state index in [0.29, 0.717) is 0 Å². The maximum Gasteiger partial charge on any atom is 0.573 e. The molecule has 0 unspecified atom stereocenters. The van der Waals surface area contributed by atoms with E-state index in [1.54, 1.807) is 0 Å². The predicted molar refractivity (Wildman–Crippen MR) is 42.8 cm³/mol. The highest BCUT2D eigenvalue weighted by Crippen LogP contribution is 2.31. The molecule has 0 bridgehead atoms. The van der Waals surface area contributed by atoms with E-state index in [0.717, 1.165) is 6.07 Å². The van der Waals surface area contributed by atoms with Crippen molar-refractivity contribution in [1.82, 2.24) is 0 Å². The highest BCUT2D eigenvalue weighted by molar-refractivity contribution is 5.39. The van der Waals surface area contributed by atoms with Gasteiger partial charge in [-0.25, -0.2) is 0 Å². The van der Waals surface area contributed by atoms with E-state index in [-0.39, 0.29) is 12.5 Å². The van der Waals surface area contributed by atoms with Crippen LogP contribution in [0.25, 0.3) is 0 Å². The summed E-state index contributed by atoms with van der Waals surface area (Å²) in [4.78, 5) is 0. The van der Waals surface area contributed by atoms with Gasteiger partial charge in [-0.2, -0.15) is 0 Å². The second kappa shape index (κ2) is 4.19. The Morgan fingerprint density at radius 2 is 1.71 bits per heavy atom. The van der Waals surface area contributed by atoms with Crippen LogP contribution in [0.4, 0.5) is 13.2 Å². The van der Waals surface area contributed by atoms with Gasteiger partial charge in [0.05, 0.1) is 0 Å². The Morgan fingerprint density at radius 3 is 2.21 bits per heavy atom. The first-order valence-electron chi connectivity index (χ1n) is 3.70. The number of rotatable bonds is 3. The Kier molecular flexibility index (Phi) is 3.19. The summed E-state index contributed by atoms with van der Waals surface area (Å²) in [6.45, 7) is -0.210. The van der Waals surface area contributed by atoms with E-state index >= 15 is 0 Å². The molecule has 0 fully saturated rings. The molecule has 0 heterocycles. The predicted octanol–water partition coefficient (Wildman–Crippen LogP) is 1.88. The Morgan fingerprint density at radius 1 is 1.14 bits per heavy atom. The third kappa shape index (κ3) is 3.14. The van der Waals surface area contributed by atoms with E-state index < -0.39 is 12.1 Å². The minimum absolute atomic E-state index is 0.0349. The molecular formula is C8H8F3NO2. The van der Waals surface area contributed by atoms with Crippen LogP contribution in [-0.4, -0.2) is 13.1 Å². The lowest BCUT2D eigenvalue weighted by atomic mass is 10.3. The van der Waals surface area contributed by atoms with Crippen LogP contribution in [0.5, 0.6) is 11.5 Å². The minimum atomic E-state index is -4.73. The number of ether oxygens (including phenoxy) is 2. The second-order valence-corrected chi connectivity index (χ2v) is 2.31. The quantitative estimate of drug-likeness (QED) is 0.769. The molecule has 0 saturated heterocycles. The van der Waals surface area contributed by atoms with Gasteiger partial charge in [0.25, 0.3) is 0 Å². The summed E-state index contributed by atoms with van der Waals surface area (Å²) in [5, 5.41) is 0. The Hall–Kier alpha value is -1.43. The van der Waals surface area contributed by atoms with Gasteiger partial charge in [-0.3, -0.25) is 5.73 Å². The van der Waals surface area contributed by atoms with Crippen molar-refractivity contribution in [2.24, 2.45) is 5.73 Å². The summed E-state index contributed by atoms with van der Waals surface area (Å²) < 4.78 is 44.0. The summed E-state index contributed by atoms with van der Waals surface area (Å²) in [5.74, 6) is -0.433. The monoisotopic (exact) mass is 207 g/mol. The third-order valence-corrected chi connectivity index (χ3v) is 1.31. The number of alkyl halides is 3. The molecule has 0 aromatic heterocycles. The van der Waals surface area contributed by atoms with Gasteiger partial charge in [-0.1, -0.05) is 12.1 Å². The molecule has 3 nitrogen and oxygen atoms in total. The largest absolute Gasteiger partial charge is 0.573 e. The van der Waals surface area contributed by atoms with Crippen LogP contribution in [0, 0.1) is 0 Å². The maximum atomic E-state index is 11.9. The van der Waals surface area contributed by atoms with Crippen LogP contribution in [0.2, 0.25) is 0 Å². The summed E-state index contributed by atoms with van der Waals surface area (Å²) in [5.41, 5.74) is 5.03. The highest BCUT2D eigenvalue weighted by Gasteiger charge is 2.32. The first-order chi connectivity index (χ1) is 6.53. The van der Waals surface area contributed by atoms with Crippen molar-refractivity contribution in [3.05, 3.63) is 24.3 Å². The summed E-state index contributed by atoms with van der Waals surface area (Å²) in [6.07, 6.45) is -4.73. The van der Waals surface area contributed by atoms with Crippen LogP contribution >= 0.6 is 0 Å². The van der Waals surface area contributed by atoms with Crippen LogP contribution < -0.4 is 15.2 Å². The average Bonchev–Trinajstić information content (AvgIpc) is 2.06. The van der Waals surface area contributed by atoms with Crippen LogP contribution in [0.15, 0.2) is 24.3 Å². The topological polar surface area (TPSA) is 44.5 Å². The molecule has 0 saturated carbocycles. The minimum Gasteiger partial charge on any atom is -0.475 e. The molecular weight excluding hydrogens is 199 g/mol. The first-order valence-corrected chi connectivity index (χ1v) is 3.70. The zero-order chi connectivity index (χ0) is 10.6. The second-order valence-electron chi connectivity index (χ2n) is 2.31. The van der Waals surface area contributed by atoms with Crippen LogP contribution in [-0.2, 0) is 0 Å². The molecule has 2 N–H and O–H groups in total. The van der Waals surface area contributed by atoms with E-state index in [1.807, 2.05) is 0 Å². The highest BCUT2D eigenvalue weighted by atomic mass is 19.4. The van der Waals surface area contributed by atoms with Gasteiger partial charge in [0, 0.05) is 0 Å². The molecule has 0 aliphatic carbocycles. The van der Waals surface area contributed by atoms with E-state index in [9.17, 15) is 13.2 Å². The normalized spacial score (nSPS) is 11.1.